The summed E-state index contributed by atoms with van der Waals surface area (Å²) in [4.78, 5) is 23.3. The molecule has 1 saturated carbocycles. The molecule has 0 unspecified atom stereocenters. The monoisotopic (exact) mass is 405 g/mol. The van der Waals surface area contributed by atoms with Crippen LogP contribution in [0.4, 0.5) is 5.82 Å². The molecule has 0 aromatic heterocycles. The van der Waals surface area contributed by atoms with Gasteiger partial charge in [0.2, 0.25) is 0 Å². The van der Waals surface area contributed by atoms with Crippen LogP contribution in [-0.4, -0.2) is 25.1 Å². The van der Waals surface area contributed by atoms with E-state index in [-0.39, 0.29) is 22.6 Å². The lowest BCUT2D eigenvalue weighted by Crippen LogP contribution is -2.32. The van der Waals surface area contributed by atoms with E-state index >= 15 is 0 Å². The first kappa shape index (κ1) is 19.3. The highest BCUT2D eigenvalue weighted by molar-refractivity contribution is 5.70. The zero-order chi connectivity index (χ0) is 21.3. The van der Waals surface area contributed by atoms with Crippen LogP contribution in [0.15, 0.2) is 35.1 Å². The second-order valence-corrected chi connectivity index (χ2v) is 10.1. The number of aromatic nitrogens is 4. The summed E-state index contributed by atoms with van der Waals surface area (Å²) in [6.07, 6.45) is 1.76. The van der Waals surface area contributed by atoms with E-state index < -0.39 is 0 Å². The minimum atomic E-state index is 0.0168. The molecule has 1 aromatic carbocycles. The molecule has 3 aliphatic heterocycles. The lowest BCUT2D eigenvalue weighted by Gasteiger charge is -2.13. The van der Waals surface area contributed by atoms with E-state index in [1.165, 1.54) is 5.56 Å². The van der Waals surface area contributed by atoms with E-state index in [0.29, 0.717) is 19.0 Å². The van der Waals surface area contributed by atoms with Crippen molar-refractivity contribution in [3.63, 3.8) is 0 Å². The summed E-state index contributed by atoms with van der Waals surface area (Å²) < 4.78 is 3.69. The van der Waals surface area contributed by atoms with Crippen molar-refractivity contribution in [2.75, 3.05) is 5.32 Å². The maximum Gasteiger partial charge on any atom is 0.331 e. The Morgan fingerprint density at radius 3 is 2.43 bits per heavy atom. The summed E-state index contributed by atoms with van der Waals surface area (Å²) in [5.41, 5.74) is 2.44. The van der Waals surface area contributed by atoms with Gasteiger partial charge >= 0.3 is 5.69 Å². The van der Waals surface area contributed by atoms with Crippen LogP contribution in [0.1, 0.15) is 58.3 Å². The standard InChI is InChI=1S/C24H31N5O/c1-6-12-28-21-17(26-19(27-21)18-23(2,3)24(18,4)5)20-25-16(14-29(20)22(28)30)13-15-10-8-7-9-11-15/h7-11,16,18,25H,6,12-14H2,1-5H3/t16-/m1/s1. The van der Waals surface area contributed by atoms with Crippen LogP contribution >= 0.6 is 0 Å². The minimum absolute atomic E-state index is 0.0168. The molecule has 1 aliphatic carbocycles. The Hall–Kier alpha value is -2.63. The van der Waals surface area contributed by atoms with Gasteiger partial charge in [-0.25, -0.2) is 14.8 Å². The van der Waals surface area contributed by atoms with Crippen molar-refractivity contribution >= 4 is 5.82 Å². The van der Waals surface area contributed by atoms with Crippen molar-refractivity contribution in [2.45, 2.75) is 72.5 Å². The molecular weight excluding hydrogens is 374 g/mol. The van der Waals surface area contributed by atoms with Crippen molar-refractivity contribution in [1.29, 1.82) is 0 Å². The predicted molar refractivity (Wildman–Crippen MR) is 119 cm³/mol. The second kappa shape index (κ2) is 6.43. The molecule has 0 bridgehead atoms. The molecule has 0 saturated heterocycles. The van der Waals surface area contributed by atoms with Crippen LogP contribution in [0.3, 0.4) is 0 Å². The molecule has 1 aromatic rings. The zero-order valence-corrected chi connectivity index (χ0v) is 18.6. The highest BCUT2D eigenvalue weighted by Gasteiger charge is 2.67. The van der Waals surface area contributed by atoms with Crippen LogP contribution in [-0.2, 0) is 19.5 Å². The van der Waals surface area contributed by atoms with Crippen LogP contribution in [0.5, 0.6) is 0 Å². The van der Waals surface area contributed by atoms with E-state index in [2.05, 4.69) is 64.2 Å². The summed E-state index contributed by atoms with van der Waals surface area (Å²) in [5, 5.41) is 3.60. The third-order valence-corrected chi connectivity index (χ3v) is 7.67. The molecule has 0 amide bonds. The number of hydrogen-bond donors (Lipinski definition) is 1. The van der Waals surface area contributed by atoms with Gasteiger partial charge < -0.3 is 5.32 Å². The summed E-state index contributed by atoms with van der Waals surface area (Å²) in [5.74, 6) is 2.75. The first-order chi connectivity index (χ1) is 14.3. The molecule has 3 heterocycles. The van der Waals surface area contributed by atoms with Crippen LogP contribution in [0.25, 0.3) is 11.5 Å². The number of nitrogens with zero attached hydrogens (tertiary/aromatic N) is 4. The second-order valence-electron chi connectivity index (χ2n) is 10.1. The van der Waals surface area contributed by atoms with Crippen molar-refractivity contribution in [3.05, 3.63) is 52.2 Å². The third-order valence-electron chi connectivity index (χ3n) is 7.67. The molecule has 6 nitrogen and oxygen atoms in total. The van der Waals surface area contributed by atoms with Gasteiger partial charge in [0.05, 0.1) is 0 Å². The Bertz CT molecular complexity index is 1110. The van der Waals surface area contributed by atoms with Crippen LogP contribution < -0.4 is 11.0 Å². The Kier molecular flexibility index (Phi) is 4.15. The highest BCUT2D eigenvalue weighted by atomic mass is 16.1. The Labute approximate surface area is 177 Å². The number of nitrogens with one attached hydrogen (secondary N) is 1. The number of fused-ring (bicyclic) bond motifs is 3. The zero-order valence-electron chi connectivity index (χ0n) is 18.6. The van der Waals surface area contributed by atoms with Crippen molar-refractivity contribution in [2.24, 2.45) is 10.8 Å². The van der Waals surface area contributed by atoms with Gasteiger partial charge in [0.15, 0.2) is 5.82 Å². The summed E-state index contributed by atoms with van der Waals surface area (Å²) in [6, 6.07) is 10.6. The van der Waals surface area contributed by atoms with Gasteiger partial charge in [-0.1, -0.05) is 65.0 Å². The molecule has 0 spiro atoms. The van der Waals surface area contributed by atoms with Crippen molar-refractivity contribution < 1.29 is 0 Å². The number of anilines is 1. The topological polar surface area (TPSA) is 64.7 Å². The van der Waals surface area contributed by atoms with Crippen LogP contribution in [0.2, 0.25) is 0 Å². The normalized spacial score (nSPS) is 21.6. The predicted octanol–water partition coefficient (Wildman–Crippen LogP) is 4.14. The van der Waals surface area contributed by atoms with Crippen molar-refractivity contribution in [3.8, 4) is 11.5 Å². The van der Waals surface area contributed by atoms with Crippen molar-refractivity contribution in [1.82, 2.24) is 19.1 Å². The van der Waals surface area contributed by atoms with E-state index in [4.69, 9.17) is 9.97 Å². The smallest absolute Gasteiger partial charge is 0.331 e. The number of benzene rings is 1. The van der Waals surface area contributed by atoms with E-state index in [9.17, 15) is 4.79 Å². The quantitative estimate of drug-likeness (QED) is 0.693. The fraction of sp³-hybridized carbons (Fsp3) is 0.542. The Balaban J connectivity index is 1.57. The van der Waals surface area contributed by atoms with Gasteiger partial charge in [0, 0.05) is 25.0 Å². The molecule has 1 N–H and O–H groups in total. The minimum Gasteiger partial charge on any atom is -0.365 e. The molecule has 4 aliphatic rings. The maximum atomic E-state index is 13.3. The molecule has 158 valence electrons. The average molecular weight is 406 g/mol. The van der Waals surface area contributed by atoms with Gasteiger partial charge in [-0.15, -0.1) is 0 Å². The van der Waals surface area contributed by atoms with Gasteiger partial charge in [-0.05, 0) is 29.2 Å². The third kappa shape index (κ3) is 2.65. The molecule has 1 fully saturated rings. The number of imidazole rings is 1. The van der Waals surface area contributed by atoms with Gasteiger partial charge in [0.1, 0.15) is 17.3 Å². The molecule has 30 heavy (non-hydrogen) atoms. The van der Waals surface area contributed by atoms with E-state index in [1.807, 2.05) is 15.2 Å². The lowest BCUT2D eigenvalue weighted by atomic mass is 10.0. The maximum absolute atomic E-state index is 13.3. The molecule has 5 rings (SSSR count). The van der Waals surface area contributed by atoms with Gasteiger partial charge in [-0.3, -0.25) is 9.13 Å². The fourth-order valence-electron chi connectivity index (χ4n) is 5.34. The molecule has 1 atom stereocenters. The highest BCUT2D eigenvalue weighted by Crippen LogP contribution is 2.73. The lowest BCUT2D eigenvalue weighted by molar-refractivity contribution is 0.457. The summed E-state index contributed by atoms with van der Waals surface area (Å²) >= 11 is 0. The fourth-order valence-corrected chi connectivity index (χ4v) is 5.34. The van der Waals surface area contributed by atoms with E-state index in [1.54, 1.807) is 0 Å². The van der Waals surface area contributed by atoms with Crippen LogP contribution in [0, 0.1) is 10.8 Å². The average Bonchev–Trinajstić information content (AvgIpc) is 3.12. The largest absolute Gasteiger partial charge is 0.365 e. The van der Waals surface area contributed by atoms with Gasteiger partial charge in [0.25, 0.3) is 0 Å². The summed E-state index contributed by atoms with van der Waals surface area (Å²) in [6.45, 7) is 12.5. The SMILES string of the molecule is CCCn1c2nc(C3C(C)(C)C3(C)C)nc-2c2n(c1=O)C[C@@H](Cc1ccccc1)N2. The molecule has 6 heteroatoms. The number of rotatable bonds is 5. The molecule has 0 radical (unpaired) electrons. The Morgan fingerprint density at radius 2 is 1.80 bits per heavy atom. The molecular formula is C24H31N5O. The number of hydrogen-bond acceptors (Lipinski definition) is 4. The Morgan fingerprint density at radius 1 is 1.10 bits per heavy atom. The van der Waals surface area contributed by atoms with Gasteiger partial charge in [-0.2, -0.15) is 0 Å². The summed E-state index contributed by atoms with van der Waals surface area (Å²) in [7, 11) is 0. The first-order valence-corrected chi connectivity index (χ1v) is 11.1. The van der Waals surface area contributed by atoms with E-state index in [0.717, 1.165) is 36.0 Å². The first-order valence-electron chi connectivity index (χ1n) is 11.1.